The largest absolute Gasteiger partial charge is 0.507 e. The quantitative estimate of drug-likeness (QED) is 0.646. The molecule has 160 valence electrons. The van der Waals surface area contributed by atoms with Crippen LogP contribution in [0.1, 0.15) is 34.1 Å². The van der Waals surface area contributed by atoms with Gasteiger partial charge in [0.1, 0.15) is 22.9 Å². The van der Waals surface area contributed by atoms with Crippen LogP contribution in [0.15, 0.2) is 48.5 Å². The van der Waals surface area contributed by atoms with Crippen molar-refractivity contribution in [2.45, 2.75) is 18.5 Å². The Kier molecular flexibility index (Phi) is 4.51. The zero-order valence-electron chi connectivity index (χ0n) is 16.8. The number of hydrogen-bond donors (Lipinski definition) is 2. The third kappa shape index (κ3) is 3.16. The molecule has 0 spiro atoms. The van der Waals surface area contributed by atoms with Gasteiger partial charge in [0, 0.05) is 17.2 Å². The van der Waals surface area contributed by atoms with Gasteiger partial charge in [0.25, 0.3) is 5.91 Å². The Balaban J connectivity index is 1.68. The first kappa shape index (κ1) is 19.6. The van der Waals surface area contributed by atoms with Crippen molar-refractivity contribution in [1.82, 2.24) is 15.1 Å². The second kappa shape index (κ2) is 7.12. The molecule has 0 radical (unpaired) electrons. The predicted octanol–water partition coefficient (Wildman–Crippen LogP) is 2.52. The van der Waals surface area contributed by atoms with Crippen molar-refractivity contribution in [3.05, 3.63) is 65.4 Å². The Hall–Kier alpha value is -3.33. The van der Waals surface area contributed by atoms with Gasteiger partial charge in [-0.1, -0.05) is 24.3 Å². The number of para-hydroxylation sites is 1. The first-order chi connectivity index (χ1) is 14.9. The highest BCUT2D eigenvalue weighted by molar-refractivity contribution is 7.91. The summed E-state index contributed by atoms with van der Waals surface area (Å²) in [5.74, 6) is 0.452. The lowest BCUT2D eigenvalue weighted by atomic mass is 9.95. The van der Waals surface area contributed by atoms with E-state index >= 15 is 0 Å². The number of phenolic OH excluding ortho intramolecular Hbond substituents is 1. The van der Waals surface area contributed by atoms with E-state index in [0.29, 0.717) is 34.7 Å². The zero-order valence-corrected chi connectivity index (χ0v) is 17.6. The number of aromatic nitrogens is 2. The van der Waals surface area contributed by atoms with E-state index in [2.05, 4.69) is 10.2 Å². The van der Waals surface area contributed by atoms with Gasteiger partial charge in [-0.15, -0.1) is 0 Å². The van der Waals surface area contributed by atoms with Crippen LogP contribution in [0.25, 0.3) is 11.3 Å². The predicted molar refractivity (Wildman–Crippen MR) is 114 cm³/mol. The smallest absolute Gasteiger partial charge is 0.273 e. The summed E-state index contributed by atoms with van der Waals surface area (Å²) in [7, 11) is -1.61. The minimum Gasteiger partial charge on any atom is -0.507 e. The Morgan fingerprint density at radius 2 is 1.90 bits per heavy atom. The average molecular weight is 439 g/mol. The van der Waals surface area contributed by atoms with Crippen LogP contribution in [0.3, 0.4) is 0 Å². The van der Waals surface area contributed by atoms with Crippen molar-refractivity contribution < 1.29 is 23.1 Å². The van der Waals surface area contributed by atoms with E-state index in [1.807, 2.05) is 12.1 Å². The number of rotatable bonds is 4. The maximum Gasteiger partial charge on any atom is 0.273 e. The first-order valence-electron chi connectivity index (χ1n) is 9.93. The summed E-state index contributed by atoms with van der Waals surface area (Å²) in [5.41, 5.74) is 2.76. The number of nitrogens with zero attached hydrogens (tertiary/aromatic N) is 2. The molecule has 2 aliphatic rings. The number of phenols is 1. The molecule has 0 bridgehead atoms. The Bertz CT molecular complexity index is 1270. The first-order valence-corrected chi connectivity index (χ1v) is 11.8. The van der Waals surface area contributed by atoms with Gasteiger partial charge in [0.15, 0.2) is 9.84 Å². The topological polar surface area (TPSA) is 113 Å². The number of methoxy groups -OCH3 is 1. The summed E-state index contributed by atoms with van der Waals surface area (Å²) in [6, 6.07) is 13.2. The van der Waals surface area contributed by atoms with Crippen molar-refractivity contribution in [2.24, 2.45) is 0 Å². The summed E-state index contributed by atoms with van der Waals surface area (Å²) >= 11 is 0. The van der Waals surface area contributed by atoms with E-state index in [4.69, 9.17) is 4.74 Å². The summed E-state index contributed by atoms with van der Waals surface area (Å²) in [5, 5.41) is 17.6. The highest BCUT2D eigenvalue weighted by Gasteiger charge is 2.48. The van der Waals surface area contributed by atoms with Crippen LogP contribution in [0.5, 0.6) is 11.5 Å². The number of hydrogen-bond acceptors (Lipinski definition) is 6. The third-order valence-electron chi connectivity index (χ3n) is 6.00. The van der Waals surface area contributed by atoms with Gasteiger partial charge < -0.3 is 14.7 Å². The van der Waals surface area contributed by atoms with Crippen molar-refractivity contribution >= 4 is 15.7 Å². The summed E-state index contributed by atoms with van der Waals surface area (Å²) < 4.78 is 29.6. The highest BCUT2D eigenvalue weighted by Crippen LogP contribution is 2.46. The summed E-state index contributed by atoms with van der Waals surface area (Å²) in [6.07, 6.45) is 0.393. The molecule has 1 saturated heterocycles. The molecule has 31 heavy (non-hydrogen) atoms. The molecule has 0 aliphatic carbocycles. The van der Waals surface area contributed by atoms with Crippen molar-refractivity contribution in [1.29, 1.82) is 0 Å². The summed E-state index contributed by atoms with van der Waals surface area (Å²) in [6.45, 7) is 0. The number of nitrogens with one attached hydrogen (secondary N) is 1. The molecule has 0 saturated carbocycles. The lowest BCUT2D eigenvalue weighted by Crippen LogP contribution is -2.40. The van der Waals surface area contributed by atoms with E-state index in [1.165, 1.54) is 0 Å². The molecular weight excluding hydrogens is 418 g/mol. The molecular formula is C22H21N3O5S. The van der Waals surface area contributed by atoms with Gasteiger partial charge in [0.2, 0.25) is 0 Å². The monoisotopic (exact) mass is 439 g/mol. The number of carbonyl (C=O) groups excluding carboxylic acids is 1. The molecule has 1 fully saturated rings. The lowest BCUT2D eigenvalue weighted by Gasteiger charge is -2.31. The molecule has 8 nitrogen and oxygen atoms in total. The molecule has 2 aromatic carbocycles. The van der Waals surface area contributed by atoms with Crippen LogP contribution in [-0.4, -0.2) is 59.2 Å². The molecule has 1 amide bonds. The van der Waals surface area contributed by atoms with Crippen LogP contribution < -0.4 is 4.74 Å². The lowest BCUT2D eigenvalue weighted by molar-refractivity contribution is 0.0677. The molecule has 2 aliphatic heterocycles. The number of benzene rings is 2. The molecule has 2 N–H and O–H groups in total. The van der Waals surface area contributed by atoms with Crippen LogP contribution in [0.4, 0.5) is 0 Å². The summed E-state index contributed by atoms with van der Waals surface area (Å²) in [4.78, 5) is 15.1. The number of aromatic hydroxyl groups is 1. The zero-order chi connectivity index (χ0) is 21.8. The van der Waals surface area contributed by atoms with Crippen LogP contribution in [0.2, 0.25) is 0 Å². The molecule has 3 aromatic rings. The van der Waals surface area contributed by atoms with Crippen molar-refractivity contribution in [3.8, 4) is 22.8 Å². The highest BCUT2D eigenvalue weighted by atomic mass is 32.2. The van der Waals surface area contributed by atoms with Gasteiger partial charge in [-0.05, 0) is 36.2 Å². The number of ether oxygens (including phenoxy) is 1. The van der Waals surface area contributed by atoms with Crippen molar-refractivity contribution in [2.75, 3.05) is 18.6 Å². The van der Waals surface area contributed by atoms with E-state index in [0.717, 1.165) is 5.56 Å². The van der Waals surface area contributed by atoms with Gasteiger partial charge in [-0.3, -0.25) is 9.89 Å². The number of fused-ring (bicyclic) bond motifs is 1. The fraction of sp³-hybridized carbons (Fsp3) is 0.273. The maximum atomic E-state index is 13.4. The second-order valence-electron chi connectivity index (χ2n) is 7.82. The van der Waals surface area contributed by atoms with Gasteiger partial charge in [-0.2, -0.15) is 5.10 Å². The maximum absolute atomic E-state index is 13.4. The van der Waals surface area contributed by atoms with Crippen molar-refractivity contribution in [3.63, 3.8) is 0 Å². The SMILES string of the molecule is COc1ccc(C2c3c(-c4ccccc4O)n[nH]c3C(=O)N2C2CCS(=O)(=O)C2)cc1. The minimum absolute atomic E-state index is 0.0552. The van der Waals surface area contributed by atoms with E-state index in [-0.39, 0.29) is 23.2 Å². The van der Waals surface area contributed by atoms with Gasteiger partial charge >= 0.3 is 0 Å². The molecule has 3 heterocycles. The van der Waals surface area contributed by atoms with Crippen LogP contribution in [-0.2, 0) is 9.84 Å². The van der Waals surface area contributed by atoms with E-state index in [9.17, 15) is 18.3 Å². The van der Waals surface area contributed by atoms with E-state index < -0.39 is 21.9 Å². The Labute approximate surface area is 179 Å². The Morgan fingerprint density at radius 1 is 1.16 bits per heavy atom. The number of carbonyl (C=O) groups is 1. The molecule has 9 heteroatoms. The second-order valence-corrected chi connectivity index (χ2v) is 10.1. The minimum atomic E-state index is -3.19. The van der Waals surface area contributed by atoms with Gasteiger partial charge in [0.05, 0.1) is 24.7 Å². The molecule has 1 aromatic heterocycles. The number of amides is 1. The van der Waals surface area contributed by atoms with Crippen LogP contribution >= 0.6 is 0 Å². The normalized spacial score (nSPS) is 22.0. The number of H-pyrrole nitrogens is 1. The third-order valence-corrected chi connectivity index (χ3v) is 7.75. The standard InChI is InChI=1S/C22H21N3O5S/c1-30-15-8-6-13(7-9-15)21-18-19(16-4-2-3-5-17(16)26)23-24-20(18)22(27)25(21)14-10-11-31(28,29)12-14/h2-9,14,21,26H,10-12H2,1H3,(H,23,24). The van der Waals surface area contributed by atoms with E-state index in [1.54, 1.807) is 48.4 Å². The van der Waals surface area contributed by atoms with Crippen LogP contribution in [0, 0.1) is 0 Å². The number of aromatic amines is 1. The average Bonchev–Trinajstić information content (AvgIpc) is 3.42. The molecule has 2 atom stereocenters. The molecule has 5 rings (SSSR count). The molecule has 2 unspecified atom stereocenters. The Morgan fingerprint density at radius 3 is 2.55 bits per heavy atom. The fourth-order valence-electron chi connectivity index (χ4n) is 4.53. The fourth-order valence-corrected chi connectivity index (χ4v) is 6.24. The number of sulfone groups is 1. The van der Waals surface area contributed by atoms with Gasteiger partial charge in [-0.25, -0.2) is 8.42 Å².